The molecule has 1 N–H and O–H groups in total. The van der Waals surface area contributed by atoms with Gasteiger partial charge in [0, 0.05) is 36.3 Å². The van der Waals surface area contributed by atoms with E-state index in [0.717, 1.165) is 47.2 Å². The van der Waals surface area contributed by atoms with Crippen LogP contribution in [0.3, 0.4) is 0 Å². The predicted molar refractivity (Wildman–Crippen MR) is 101 cm³/mol. The molecule has 0 bridgehead atoms. The molecule has 0 aromatic carbocycles. The molecule has 0 spiro atoms. The second-order valence-corrected chi connectivity index (χ2v) is 6.68. The Kier molecular flexibility index (Phi) is 3.60. The topological polar surface area (TPSA) is 72.4 Å². The van der Waals surface area contributed by atoms with Crippen molar-refractivity contribution in [1.82, 2.24) is 29.2 Å². The Hall–Kier alpha value is -3.26. The highest BCUT2D eigenvalue weighted by atomic mass is 32.1. The van der Waals surface area contributed by atoms with Crippen molar-refractivity contribution in [3.63, 3.8) is 0 Å². The SMILES string of the molecule is c1ccn2cc(CCNc3ccc4nnc(-c5ccsc5)n4n3)nc2c1. The molecule has 0 aliphatic rings. The van der Waals surface area contributed by atoms with Crippen molar-refractivity contribution in [3.8, 4) is 11.4 Å². The summed E-state index contributed by atoms with van der Waals surface area (Å²) in [5, 5.41) is 20.5. The molecule has 8 heteroatoms. The van der Waals surface area contributed by atoms with Gasteiger partial charge >= 0.3 is 0 Å². The Bertz CT molecular complexity index is 1140. The summed E-state index contributed by atoms with van der Waals surface area (Å²) in [5.41, 5.74) is 3.77. The molecule has 0 aliphatic carbocycles. The van der Waals surface area contributed by atoms with E-state index in [2.05, 4.69) is 31.8 Å². The van der Waals surface area contributed by atoms with Crippen LogP contribution in [0.4, 0.5) is 5.82 Å². The first-order chi connectivity index (χ1) is 12.9. The number of imidazole rings is 1. The monoisotopic (exact) mass is 361 g/mol. The van der Waals surface area contributed by atoms with E-state index in [9.17, 15) is 0 Å². The van der Waals surface area contributed by atoms with E-state index in [1.165, 1.54) is 0 Å². The van der Waals surface area contributed by atoms with Gasteiger partial charge in [0.05, 0.1) is 5.69 Å². The van der Waals surface area contributed by atoms with Crippen LogP contribution in [0.15, 0.2) is 59.6 Å². The highest BCUT2D eigenvalue weighted by Gasteiger charge is 2.10. The second kappa shape index (κ2) is 6.23. The van der Waals surface area contributed by atoms with Crippen LogP contribution in [0.1, 0.15) is 5.69 Å². The van der Waals surface area contributed by atoms with E-state index >= 15 is 0 Å². The van der Waals surface area contributed by atoms with E-state index in [-0.39, 0.29) is 0 Å². The molecule has 5 aromatic rings. The number of nitrogens with one attached hydrogen (secondary N) is 1. The summed E-state index contributed by atoms with van der Waals surface area (Å²) in [7, 11) is 0. The highest BCUT2D eigenvalue weighted by Crippen LogP contribution is 2.20. The number of rotatable bonds is 5. The first-order valence-electron chi connectivity index (χ1n) is 8.28. The molecule has 5 heterocycles. The Balaban J connectivity index is 1.33. The average Bonchev–Trinajstić information content (AvgIpc) is 3.39. The van der Waals surface area contributed by atoms with E-state index in [0.29, 0.717) is 0 Å². The summed E-state index contributed by atoms with van der Waals surface area (Å²) in [6.07, 6.45) is 4.88. The Morgan fingerprint density at radius 1 is 1.04 bits per heavy atom. The van der Waals surface area contributed by atoms with Crippen molar-refractivity contribution in [2.24, 2.45) is 0 Å². The van der Waals surface area contributed by atoms with Crippen LogP contribution < -0.4 is 5.32 Å². The van der Waals surface area contributed by atoms with Crippen LogP contribution >= 0.6 is 11.3 Å². The zero-order valence-electron chi connectivity index (χ0n) is 13.8. The quantitative estimate of drug-likeness (QED) is 0.521. The normalized spacial score (nSPS) is 11.4. The van der Waals surface area contributed by atoms with Crippen LogP contribution in [0, 0.1) is 0 Å². The summed E-state index contributed by atoms with van der Waals surface area (Å²) in [6.45, 7) is 0.748. The number of nitrogens with zero attached hydrogens (tertiary/aromatic N) is 6. The minimum atomic E-state index is 0.733. The van der Waals surface area contributed by atoms with Crippen LogP contribution in [-0.4, -0.2) is 35.7 Å². The highest BCUT2D eigenvalue weighted by molar-refractivity contribution is 7.08. The van der Waals surface area contributed by atoms with E-state index in [1.807, 2.05) is 57.8 Å². The van der Waals surface area contributed by atoms with E-state index in [4.69, 9.17) is 0 Å². The molecule has 5 aromatic heterocycles. The maximum atomic E-state index is 4.62. The first-order valence-corrected chi connectivity index (χ1v) is 9.23. The lowest BCUT2D eigenvalue weighted by Crippen LogP contribution is -2.08. The zero-order chi connectivity index (χ0) is 17.3. The summed E-state index contributed by atoms with van der Waals surface area (Å²) < 4.78 is 3.80. The lowest BCUT2D eigenvalue weighted by molar-refractivity contribution is 0.909. The lowest BCUT2D eigenvalue weighted by Gasteiger charge is -2.05. The number of thiophene rings is 1. The molecule has 0 saturated heterocycles. The van der Waals surface area contributed by atoms with Gasteiger partial charge in [-0.15, -0.1) is 15.3 Å². The van der Waals surface area contributed by atoms with Gasteiger partial charge in [-0.1, -0.05) is 6.07 Å². The fourth-order valence-electron chi connectivity index (χ4n) is 2.88. The lowest BCUT2D eigenvalue weighted by atomic mass is 10.3. The van der Waals surface area contributed by atoms with Crippen LogP contribution in [0.2, 0.25) is 0 Å². The van der Waals surface area contributed by atoms with Gasteiger partial charge in [-0.05, 0) is 35.7 Å². The largest absolute Gasteiger partial charge is 0.368 e. The van der Waals surface area contributed by atoms with Gasteiger partial charge in [0.15, 0.2) is 11.5 Å². The molecule has 0 saturated carbocycles. The summed E-state index contributed by atoms with van der Waals surface area (Å²) in [6, 6.07) is 11.9. The summed E-state index contributed by atoms with van der Waals surface area (Å²) >= 11 is 1.63. The molecular weight excluding hydrogens is 346 g/mol. The van der Waals surface area contributed by atoms with Gasteiger partial charge in [0.25, 0.3) is 0 Å². The number of hydrogen-bond acceptors (Lipinski definition) is 6. The molecule has 26 heavy (non-hydrogen) atoms. The van der Waals surface area contributed by atoms with Crippen molar-refractivity contribution in [3.05, 3.63) is 65.2 Å². The van der Waals surface area contributed by atoms with E-state index < -0.39 is 0 Å². The molecule has 5 rings (SSSR count). The maximum absolute atomic E-state index is 4.62. The zero-order valence-corrected chi connectivity index (χ0v) is 14.6. The molecule has 0 aliphatic heterocycles. The number of hydrogen-bond donors (Lipinski definition) is 1. The third kappa shape index (κ3) is 2.70. The number of fused-ring (bicyclic) bond motifs is 2. The van der Waals surface area contributed by atoms with Gasteiger partial charge in [0.2, 0.25) is 0 Å². The van der Waals surface area contributed by atoms with Crippen molar-refractivity contribution in [2.75, 3.05) is 11.9 Å². The minimum Gasteiger partial charge on any atom is -0.368 e. The molecule has 0 radical (unpaired) electrons. The Morgan fingerprint density at radius 2 is 2.04 bits per heavy atom. The van der Waals surface area contributed by atoms with Gasteiger partial charge in [-0.3, -0.25) is 0 Å². The van der Waals surface area contributed by atoms with Crippen molar-refractivity contribution >= 4 is 28.4 Å². The average molecular weight is 361 g/mol. The van der Waals surface area contributed by atoms with Gasteiger partial charge < -0.3 is 9.72 Å². The molecule has 0 fully saturated rings. The fourth-order valence-corrected chi connectivity index (χ4v) is 3.52. The Labute approximate surface area is 153 Å². The number of pyridine rings is 1. The second-order valence-electron chi connectivity index (χ2n) is 5.90. The van der Waals surface area contributed by atoms with Crippen LogP contribution in [-0.2, 0) is 6.42 Å². The van der Waals surface area contributed by atoms with Gasteiger partial charge in [-0.25, -0.2) is 4.98 Å². The van der Waals surface area contributed by atoms with Crippen molar-refractivity contribution in [1.29, 1.82) is 0 Å². The molecule has 0 unspecified atom stereocenters. The van der Waals surface area contributed by atoms with Crippen molar-refractivity contribution in [2.45, 2.75) is 6.42 Å². The third-order valence-electron chi connectivity index (χ3n) is 4.14. The maximum Gasteiger partial charge on any atom is 0.186 e. The van der Waals surface area contributed by atoms with Gasteiger partial charge in [0.1, 0.15) is 11.5 Å². The molecule has 7 nitrogen and oxygen atoms in total. The van der Waals surface area contributed by atoms with Crippen LogP contribution in [0.25, 0.3) is 22.7 Å². The predicted octanol–water partition coefficient (Wildman–Crippen LogP) is 3.16. The van der Waals surface area contributed by atoms with Crippen LogP contribution in [0.5, 0.6) is 0 Å². The minimum absolute atomic E-state index is 0.733. The Morgan fingerprint density at radius 3 is 2.92 bits per heavy atom. The third-order valence-corrected chi connectivity index (χ3v) is 4.83. The molecule has 128 valence electrons. The summed E-state index contributed by atoms with van der Waals surface area (Å²) in [4.78, 5) is 4.61. The molecular formula is C18H15N7S. The number of anilines is 1. The first kappa shape index (κ1) is 15.0. The molecule has 0 atom stereocenters. The standard InChI is InChI=1S/C18H15N7S/c1-2-9-24-11-14(20-16(24)3-1)6-8-19-15-4-5-17-21-22-18(25(17)23-15)13-7-10-26-12-13/h1-5,7,9-12H,6,8H2,(H,19,23). The molecule has 0 amide bonds. The van der Waals surface area contributed by atoms with E-state index in [1.54, 1.807) is 15.9 Å². The fraction of sp³-hybridized carbons (Fsp3) is 0.111. The van der Waals surface area contributed by atoms with Gasteiger partial charge in [-0.2, -0.15) is 15.9 Å². The summed E-state index contributed by atoms with van der Waals surface area (Å²) in [5.74, 6) is 1.54. The smallest absolute Gasteiger partial charge is 0.186 e. The number of aromatic nitrogens is 6. The van der Waals surface area contributed by atoms with Crippen molar-refractivity contribution < 1.29 is 0 Å².